The average molecular weight is 334 g/mol. The van der Waals surface area contributed by atoms with Gasteiger partial charge in [-0.3, -0.25) is 4.98 Å². The molecule has 2 nitrogen and oxygen atoms in total. The quantitative estimate of drug-likeness (QED) is 0.847. The Morgan fingerprint density at radius 3 is 2.26 bits per heavy atom. The van der Waals surface area contributed by atoms with Gasteiger partial charge in [0.25, 0.3) is 0 Å². The molecule has 1 aromatic carbocycles. The first kappa shape index (κ1) is 17.3. The van der Waals surface area contributed by atoms with Gasteiger partial charge in [0.15, 0.2) is 0 Å². The number of rotatable bonds is 3. The van der Waals surface area contributed by atoms with Crippen molar-refractivity contribution in [1.82, 2.24) is 4.98 Å². The zero-order valence-corrected chi connectivity index (χ0v) is 11.6. The van der Waals surface area contributed by atoms with Crippen LogP contribution in [0, 0.1) is 0 Å². The molecule has 0 fully saturated rings. The smallest absolute Gasteiger partial charge is 0.322 e. The van der Waals surface area contributed by atoms with Gasteiger partial charge in [-0.05, 0) is 30.2 Å². The van der Waals surface area contributed by atoms with E-state index in [1.807, 2.05) is 0 Å². The molecular formula is C15H12F6N2. The van der Waals surface area contributed by atoms with Crippen LogP contribution in [-0.4, -0.2) is 4.98 Å². The minimum Gasteiger partial charge on any atom is -0.322 e. The average Bonchev–Trinajstić information content (AvgIpc) is 2.46. The summed E-state index contributed by atoms with van der Waals surface area (Å²) in [5, 5.41) is 0. The molecule has 1 aromatic heterocycles. The summed E-state index contributed by atoms with van der Waals surface area (Å²) >= 11 is 0. The van der Waals surface area contributed by atoms with Gasteiger partial charge < -0.3 is 5.73 Å². The van der Waals surface area contributed by atoms with Crippen LogP contribution in [-0.2, 0) is 18.8 Å². The number of halogens is 6. The molecule has 1 atom stereocenters. The summed E-state index contributed by atoms with van der Waals surface area (Å²) in [5.74, 6) is 0. The Kier molecular flexibility index (Phi) is 4.65. The van der Waals surface area contributed by atoms with Crippen molar-refractivity contribution >= 4 is 0 Å². The van der Waals surface area contributed by atoms with Gasteiger partial charge in [-0.15, -0.1) is 0 Å². The molecule has 2 N–H and O–H groups in total. The minimum atomic E-state index is -4.63. The van der Waals surface area contributed by atoms with Crippen molar-refractivity contribution in [3.63, 3.8) is 0 Å². The van der Waals surface area contributed by atoms with Crippen LogP contribution < -0.4 is 5.73 Å². The zero-order chi connectivity index (χ0) is 17.3. The molecule has 1 heterocycles. The van der Waals surface area contributed by atoms with Crippen LogP contribution in [0.1, 0.15) is 28.4 Å². The maximum Gasteiger partial charge on any atom is 0.418 e. The maximum atomic E-state index is 12.9. The first-order chi connectivity index (χ1) is 10.6. The van der Waals surface area contributed by atoms with Crippen LogP contribution in [0.2, 0.25) is 0 Å². The van der Waals surface area contributed by atoms with Gasteiger partial charge in [-0.25, -0.2) is 0 Å². The van der Waals surface area contributed by atoms with Crippen LogP contribution in [0.5, 0.6) is 0 Å². The van der Waals surface area contributed by atoms with Gasteiger partial charge in [-0.2, -0.15) is 26.3 Å². The largest absolute Gasteiger partial charge is 0.418 e. The van der Waals surface area contributed by atoms with Crippen molar-refractivity contribution < 1.29 is 26.3 Å². The third kappa shape index (κ3) is 4.22. The fourth-order valence-electron chi connectivity index (χ4n) is 2.18. The molecule has 0 spiro atoms. The molecule has 0 bridgehead atoms. The lowest BCUT2D eigenvalue weighted by molar-refractivity contribution is -0.139. The zero-order valence-electron chi connectivity index (χ0n) is 11.6. The normalized spacial score (nSPS) is 13.9. The van der Waals surface area contributed by atoms with Gasteiger partial charge in [-0.1, -0.05) is 18.2 Å². The van der Waals surface area contributed by atoms with Crippen molar-refractivity contribution in [2.75, 3.05) is 0 Å². The molecule has 0 aliphatic rings. The summed E-state index contributed by atoms with van der Waals surface area (Å²) in [7, 11) is 0. The maximum absolute atomic E-state index is 12.9. The molecule has 0 aliphatic heterocycles. The number of nitrogens with two attached hydrogens (primary N) is 1. The van der Waals surface area contributed by atoms with Crippen molar-refractivity contribution in [2.24, 2.45) is 5.73 Å². The Morgan fingerprint density at radius 1 is 0.957 bits per heavy atom. The highest BCUT2D eigenvalue weighted by Gasteiger charge is 2.35. The number of aromatic nitrogens is 1. The van der Waals surface area contributed by atoms with E-state index < -0.39 is 35.2 Å². The highest BCUT2D eigenvalue weighted by atomic mass is 19.4. The van der Waals surface area contributed by atoms with E-state index in [1.54, 1.807) is 0 Å². The summed E-state index contributed by atoms with van der Waals surface area (Å²) in [4.78, 5) is 3.65. The first-order valence-corrected chi connectivity index (χ1v) is 6.53. The molecule has 0 aliphatic carbocycles. The third-order valence-corrected chi connectivity index (χ3v) is 3.21. The van der Waals surface area contributed by atoms with Gasteiger partial charge in [0.1, 0.15) is 0 Å². The molecule has 0 unspecified atom stereocenters. The summed E-state index contributed by atoms with van der Waals surface area (Å²) < 4.78 is 76.7. The molecular weight excluding hydrogens is 322 g/mol. The molecule has 23 heavy (non-hydrogen) atoms. The number of benzene rings is 1. The standard InChI is InChI=1S/C15H12F6N2/c16-14(17,18)10-4-1-3-9(7-10)8-12(22)13-11(15(19,20)21)5-2-6-23-13/h1-7,12H,8,22H2/t12-/m0/s1. The number of pyridine rings is 1. The molecule has 124 valence electrons. The third-order valence-electron chi connectivity index (χ3n) is 3.21. The lowest BCUT2D eigenvalue weighted by atomic mass is 9.98. The van der Waals surface area contributed by atoms with E-state index in [4.69, 9.17) is 5.73 Å². The van der Waals surface area contributed by atoms with Crippen molar-refractivity contribution in [2.45, 2.75) is 24.8 Å². The summed E-state index contributed by atoms with van der Waals surface area (Å²) in [6, 6.07) is 5.13. The molecule has 8 heteroatoms. The molecule has 2 aromatic rings. The Bertz CT molecular complexity index is 678. The van der Waals surface area contributed by atoms with Crippen LogP contribution in [0.15, 0.2) is 42.6 Å². The second-order valence-corrected chi connectivity index (χ2v) is 4.94. The summed E-state index contributed by atoms with van der Waals surface area (Å²) in [6.45, 7) is 0. The van der Waals surface area contributed by atoms with E-state index in [0.29, 0.717) is 0 Å². The van der Waals surface area contributed by atoms with Crippen LogP contribution >= 0.6 is 0 Å². The Morgan fingerprint density at radius 2 is 1.65 bits per heavy atom. The highest BCUT2D eigenvalue weighted by molar-refractivity contribution is 5.30. The second kappa shape index (κ2) is 6.19. The van der Waals surface area contributed by atoms with E-state index in [-0.39, 0.29) is 12.0 Å². The Hall–Kier alpha value is -2.09. The fraction of sp³-hybridized carbons (Fsp3) is 0.267. The Labute approximate surface area is 128 Å². The van der Waals surface area contributed by atoms with E-state index in [9.17, 15) is 26.3 Å². The van der Waals surface area contributed by atoms with Crippen LogP contribution in [0.4, 0.5) is 26.3 Å². The number of hydrogen-bond acceptors (Lipinski definition) is 2. The SMILES string of the molecule is N[C@@H](Cc1cccc(C(F)(F)F)c1)c1ncccc1C(F)(F)F. The highest BCUT2D eigenvalue weighted by Crippen LogP contribution is 2.34. The number of alkyl halides is 6. The van der Waals surface area contributed by atoms with Gasteiger partial charge in [0.05, 0.1) is 22.9 Å². The molecule has 2 rings (SSSR count). The second-order valence-electron chi connectivity index (χ2n) is 4.94. The van der Waals surface area contributed by atoms with Crippen molar-refractivity contribution in [1.29, 1.82) is 0 Å². The summed E-state index contributed by atoms with van der Waals surface area (Å²) in [5.41, 5.74) is 3.67. The lowest BCUT2D eigenvalue weighted by Crippen LogP contribution is -2.21. The number of hydrogen-bond donors (Lipinski definition) is 1. The predicted molar refractivity (Wildman–Crippen MR) is 71.3 cm³/mol. The topological polar surface area (TPSA) is 38.9 Å². The predicted octanol–water partition coefficient (Wildman–Crippen LogP) is 4.36. The van der Waals surface area contributed by atoms with Crippen molar-refractivity contribution in [3.05, 3.63) is 65.0 Å². The Balaban J connectivity index is 2.29. The first-order valence-electron chi connectivity index (χ1n) is 6.53. The van der Waals surface area contributed by atoms with Gasteiger partial charge in [0, 0.05) is 6.20 Å². The molecule has 0 saturated heterocycles. The molecule has 0 radical (unpaired) electrons. The van der Waals surface area contributed by atoms with E-state index >= 15 is 0 Å². The van der Waals surface area contributed by atoms with Crippen LogP contribution in [0.3, 0.4) is 0 Å². The number of nitrogens with zero attached hydrogens (tertiary/aromatic N) is 1. The van der Waals surface area contributed by atoms with E-state index in [2.05, 4.69) is 4.98 Å². The molecule has 0 amide bonds. The van der Waals surface area contributed by atoms with E-state index in [1.165, 1.54) is 12.1 Å². The molecule has 0 saturated carbocycles. The van der Waals surface area contributed by atoms with E-state index in [0.717, 1.165) is 30.5 Å². The summed E-state index contributed by atoms with van der Waals surface area (Å²) in [6.07, 6.45) is -8.18. The van der Waals surface area contributed by atoms with Crippen LogP contribution in [0.25, 0.3) is 0 Å². The van der Waals surface area contributed by atoms with Gasteiger partial charge in [0.2, 0.25) is 0 Å². The lowest BCUT2D eigenvalue weighted by Gasteiger charge is -2.17. The minimum absolute atomic E-state index is 0.186. The van der Waals surface area contributed by atoms with Crippen molar-refractivity contribution in [3.8, 4) is 0 Å². The fourth-order valence-corrected chi connectivity index (χ4v) is 2.18. The monoisotopic (exact) mass is 334 g/mol. The van der Waals surface area contributed by atoms with Gasteiger partial charge >= 0.3 is 12.4 Å².